The number of hydrogen-bond acceptors (Lipinski definition) is 3. The minimum atomic E-state index is 0.807. The molecule has 0 spiro atoms. The van der Waals surface area contributed by atoms with Crippen LogP contribution in [-0.4, -0.2) is 23.1 Å². The average molecular weight is 283 g/mol. The Morgan fingerprint density at radius 1 is 1.00 bits per heavy atom. The molecule has 0 bridgehead atoms. The first-order chi connectivity index (χ1) is 10.1. The molecule has 0 atom stereocenters. The second kappa shape index (κ2) is 7.32. The van der Waals surface area contributed by atoms with Crippen LogP contribution in [0.3, 0.4) is 0 Å². The number of nitrogens with zero attached hydrogens (tertiary/aromatic N) is 2. The van der Waals surface area contributed by atoms with Crippen LogP contribution in [0.1, 0.15) is 40.8 Å². The molecule has 0 radical (unpaired) electrons. The molecule has 0 saturated carbocycles. The lowest BCUT2D eigenvalue weighted by Crippen LogP contribution is -2.18. The fraction of sp³-hybridized carbons (Fsp3) is 0.444. The summed E-state index contributed by atoms with van der Waals surface area (Å²) in [7, 11) is 0. The van der Waals surface area contributed by atoms with Gasteiger partial charge < -0.3 is 5.32 Å². The van der Waals surface area contributed by atoms with E-state index in [1.807, 2.05) is 0 Å². The molecule has 1 aromatic carbocycles. The molecule has 2 rings (SSSR count). The Hall–Kier alpha value is -1.74. The van der Waals surface area contributed by atoms with Gasteiger partial charge in [0, 0.05) is 17.8 Å². The molecule has 0 unspecified atom stereocenters. The van der Waals surface area contributed by atoms with E-state index in [0.29, 0.717) is 0 Å². The van der Waals surface area contributed by atoms with Crippen molar-refractivity contribution < 1.29 is 0 Å². The third-order valence-electron chi connectivity index (χ3n) is 3.88. The summed E-state index contributed by atoms with van der Waals surface area (Å²) in [5.74, 6) is 0.923. The largest absolute Gasteiger partial charge is 0.317 e. The zero-order valence-electron chi connectivity index (χ0n) is 13.5. The van der Waals surface area contributed by atoms with E-state index in [1.54, 1.807) is 0 Å². The first kappa shape index (κ1) is 15.6. The monoisotopic (exact) mass is 283 g/mol. The van der Waals surface area contributed by atoms with E-state index in [-0.39, 0.29) is 0 Å². The Morgan fingerprint density at radius 2 is 1.67 bits per heavy atom. The van der Waals surface area contributed by atoms with E-state index >= 15 is 0 Å². The van der Waals surface area contributed by atoms with Gasteiger partial charge in [0.1, 0.15) is 5.82 Å². The van der Waals surface area contributed by atoms with Gasteiger partial charge in [-0.25, -0.2) is 9.97 Å². The van der Waals surface area contributed by atoms with Crippen LogP contribution in [0.5, 0.6) is 0 Å². The van der Waals surface area contributed by atoms with Crippen molar-refractivity contribution in [3.63, 3.8) is 0 Å². The molecule has 2 aromatic rings. The number of hydrogen-bond donors (Lipinski definition) is 1. The van der Waals surface area contributed by atoms with E-state index in [0.717, 1.165) is 43.1 Å². The fourth-order valence-electron chi connectivity index (χ4n) is 2.62. The molecule has 3 nitrogen and oxygen atoms in total. The van der Waals surface area contributed by atoms with E-state index in [1.165, 1.54) is 16.7 Å². The third kappa shape index (κ3) is 4.11. The molecule has 3 heteroatoms. The Kier molecular flexibility index (Phi) is 5.45. The van der Waals surface area contributed by atoms with Gasteiger partial charge in [-0.3, -0.25) is 0 Å². The Labute approximate surface area is 127 Å². The summed E-state index contributed by atoms with van der Waals surface area (Å²) in [6.07, 6.45) is 1.80. The second-order valence-electron chi connectivity index (χ2n) is 5.50. The third-order valence-corrected chi connectivity index (χ3v) is 3.88. The van der Waals surface area contributed by atoms with Crippen molar-refractivity contribution in [3.05, 3.63) is 58.2 Å². The quantitative estimate of drug-likeness (QED) is 0.828. The fourth-order valence-corrected chi connectivity index (χ4v) is 2.62. The lowest BCUT2D eigenvalue weighted by Gasteiger charge is -2.12. The molecule has 112 valence electrons. The van der Waals surface area contributed by atoms with Crippen molar-refractivity contribution in [3.8, 4) is 0 Å². The predicted octanol–water partition coefficient (Wildman–Crippen LogP) is 3.14. The van der Waals surface area contributed by atoms with Crippen molar-refractivity contribution in [2.75, 3.05) is 13.1 Å². The van der Waals surface area contributed by atoms with Gasteiger partial charge >= 0.3 is 0 Å². The van der Waals surface area contributed by atoms with E-state index in [9.17, 15) is 0 Å². The highest BCUT2D eigenvalue weighted by Gasteiger charge is 2.09. The summed E-state index contributed by atoms with van der Waals surface area (Å²) in [6, 6.07) is 8.44. The van der Waals surface area contributed by atoms with E-state index in [4.69, 9.17) is 9.97 Å². The molecule has 1 heterocycles. The molecule has 0 fully saturated rings. The molecule has 0 aliphatic rings. The lowest BCUT2D eigenvalue weighted by molar-refractivity contribution is 0.705. The van der Waals surface area contributed by atoms with Crippen molar-refractivity contribution in [1.29, 1.82) is 0 Å². The van der Waals surface area contributed by atoms with Gasteiger partial charge in [-0.1, -0.05) is 31.2 Å². The highest BCUT2D eigenvalue weighted by atomic mass is 14.9. The Bertz CT molecular complexity index is 582. The van der Waals surface area contributed by atoms with Crippen molar-refractivity contribution in [2.24, 2.45) is 0 Å². The number of aryl methyl sites for hydroxylation is 3. The maximum atomic E-state index is 4.71. The van der Waals surface area contributed by atoms with Crippen LogP contribution in [0.25, 0.3) is 0 Å². The van der Waals surface area contributed by atoms with Crippen LogP contribution in [0.4, 0.5) is 0 Å². The number of aromatic nitrogens is 2. The zero-order chi connectivity index (χ0) is 15.2. The first-order valence-electron chi connectivity index (χ1n) is 7.70. The van der Waals surface area contributed by atoms with Gasteiger partial charge in [0.05, 0.1) is 0 Å². The standard InChI is InChI=1S/C18H25N3/c1-5-19-11-10-17-14(3)20-18(21-15(17)4)12-16-9-7-6-8-13(16)2/h6-9,19H,5,10-12H2,1-4H3. The van der Waals surface area contributed by atoms with Crippen LogP contribution >= 0.6 is 0 Å². The van der Waals surface area contributed by atoms with Gasteiger partial charge in [-0.15, -0.1) is 0 Å². The lowest BCUT2D eigenvalue weighted by atomic mass is 10.0. The number of rotatable bonds is 6. The van der Waals surface area contributed by atoms with Gasteiger partial charge in [0.15, 0.2) is 0 Å². The van der Waals surface area contributed by atoms with Crippen molar-refractivity contribution >= 4 is 0 Å². The van der Waals surface area contributed by atoms with Crippen LogP contribution in [0, 0.1) is 20.8 Å². The molecule has 0 saturated heterocycles. The average Bonchev–Trinajstić information content (AvgIpc) is 2.44. The summed E-state index contributed by atoms with van der Waals surface area (Å²) in [6.45, 7) is 10.4. The number of likely N-dealkylation sites (N-methyl/N-ethyl adjacent to an activating group) is 1. The number of nitrogens with one attached hydrogen (secondary N) is 1. The Balaban J connectivity index is 2.17. The van der Waals surface area contributed by atoms with Gasteiger partial charge in [-0.2, -0.15) is 0 Å². The molecule has 21 heavy (non-hydrogen) atoms. The first-order valence-corrected chi connectivity index (χ1v) is 7.70. The minimum Gasteiger partial charge on any atom is -0.317 e. The van der Waals surface area contributed by atoms with Crippen LogP contribution in [0.15, 0.2) is 24.3 Å². The van der Waals surface area contributed by atoms with Crippen LogP contribution in [0.2, 0.25) is 0 Å². The summed E-state index contributed by atoms with van der Waals surface area (Å²) < 4.78 is 0. The predicted molar refractivity (Wildman–Crippen MR) is 87.7 cm³/mol. The summed E-state index contributed by atoms with van der Waals surface area (Å²) >= 11 is 0. The molecular weight excluding hydrogens is 258 g/mol. The van der Waals surface area contributed by atoms with E-state index in [2.05, 4.69) is 57.3 Å². The van der Waals surface area contributed by atoms with Gasteiger partial charge in [0.25, 0.3) is 0 Å². The van der Waals surface area contributed by atoms with Crippen molar-refractivity contribution in [1.82, 2.24) is 15.3 Å². The normalized spacial score (nSPS) is 10.9. The zero-order valence-corrected chi connectivity index (χ0v) is 13.5. The highest BCUT2D eigenvalue weighted by Crippen LogP contribution is 2.15. The van der Waals surface area contributed by atoms with Gasteiger partial charge in [-0.05, 0) is 57.0 Å². The molecule has 0 aliphatic carbocycles. The maximum Gasteiger partial charge on any atom is 0.133 e. The summed E-state index contributed by atoms with van der Waals surface area (Å²) in [5.41, 5.74) is 6.11. The van der Waals surface area contributed by atoms with Gasteiger partial charge in [0.2, 0.25) is 0 Å². The van der Waals surface area contributed by atoms with E-state index < -0.39 is 0 Å². The van der Waals surface area contributed by atoms with Crippen LogP contribution < -0.4 is 5.32 Å². The highest BCUT2D eigenvalue weighted by molar-refractivity contribution is 5.30. The molecule has 0 aliphatic heterocycles. The Morgan fingerprint density at radius 3 is 2.29 bits per heavy atom. The second-order valence-corrected chi connectivity index (χ2v) is 5.50. The maximum absolute atomic E-state index is 4.71. The van der Waals surface area contributed by atoms with Crippen molar-refractivity contribution in [2.45, 2.75) is 40.5 Å². The molecule has 1 aromatic heterocycles. The smallest absolute Gasteiger partial charge is 0.133 e. The molecule has 1 N–H and O–H groups in total. The summed E-state index contributed by atoms with van der Waals surface area (Å²) in [4.78, 5) is 9.42. The SMILES string of the molecule is CCNCCc1c(C)nc(Cc2ccccc2C)nc1C. The minimum absolute atomic E-state index is 0.807. The molecule has 0 amide bonds. The molecular formula is C18H25N3. The summed E-state index contributed by atoms with van der Waals surface area (Å²) in [5, 5.41) is 3.36. The van der Waals surface area contributed by atoms with Crippen LogP contribution in [-0.2, 0) is 12.8 Å². The number of benzene rings is 1. The topological polar surface area (TPSA) is 37.8 Å².